The molecule has 0 aliphatic rings. The van der Waals surface area contributed by atoms with E-state index in [4.69, 9.17) is 9.47 Å². The maximum Gasteiger partial charge on any atom is 0.189 e. The van der Waals surface area contributed by atoms with Gasteiger partial charge in [-0.05, 0) is 46.1 Å². The van der Waals surface area contributed by atoms with Crippen molar-refractivity contribution in [1.82, 2.24) is 0 Å². The summed E-state index contributed by atoms with van der Waals surface area (Å²) in [6, 6.07) is 6.95. The third-order valence-corrected chi connectivity index (χ3v) is 6.79. The minimum atomic E-state index is -1.06. The molecule has 0 aromatic heterocycles. The fraction of sp³-hybridized carbons (Fsp3) is 0.714. The van der Waals surface area contributed by atoms with Crippen LogP contribution in [0.3, 0.4) is 0 Å². The van der Waals surface area contributed by atoms with Gasteiger partial charge in [-0.3, -0.25) is 0 Å². The summed E-state index contributed by atoms with van der Waals surface area (Å²) in [5.74, 6) is 0.758. The monoisotopic (exact) mass is 444 g/mol. The molecule has 0 aliphatic carbocycles. The Bertz CT molecular complexity index is 503. The van der Waals surface area contributed by atoms with Gasteiger partial charge in [0.2, 0.25) is 0 Å². The maximum atomic E-state index is 10.4. The molecular weight excluding hydrogens is 408 g/mol. The van der Waals surface area contributed by atoms with Crippen LogP contribution >= 0.6 is 15.9 Å². The van der Waals surface area contributed by atoms with Crippen molar-refractivity contribution in [2.24, 2.45) is 0 Å². The zero-order valence-electron chi connectivity index (χ0n) is 17.0. The maximum absolute atomic E-state index is 10.4. The molecular formula is C21H37BrO3Si. The lowest BCUT2D eigenvalue weighted by atomic mass is 10.0. The van der Waals surface area contributed by atoms with Crippen molar-refractivity contribution in [3.8, 4) is 5.75 Å². The first kappa shape index (κ1) is 23.7. The normalized spacial score (nSPS) is 13.0. The Balaban J connectivity index is 2.32. The summed E-state index contributed by atoms with van der Waals surface area (Å²) in [7, 11) is -1.06. The quantitative estimate of drug-likeness (QED) is 0.192. The summed E-state index contributed by atoms with van der Waals surface area (Å²) in [5.41, 5.74) is 0.942. The Morgan fingerprint density at radius 3 is 2.42 bits per heavy atom. The van der Waals surface area contributed by atoms with Crippen molar-refractivity contribution in [3.05, 3.63) is 28.2 Å². The summed E-state index contributed by atoms with van der Waals surface area (Å²) in [4.78, 5) is 0. The molecule has 0 spiro atoms. The van der Waals surface area contributed by atoms with E-state index in [1.54, 1.807) is 0 Å². The highest BCUT2D eigenvalue weighted by Gasteiger charge is 2.13. The highest BCUT2D eigenvalue weighted by atomic mass is 79.9. The van der Waals surface area contributed by atoms with Crippen LogP contribution in [-0.2, 0) is 4.74 Å². The predicted octanol–water partition coefficient (Wildman–Crippen LogP) is 6.92. The van der Waals surface area contributed by atoms with Gasteiger partial charge in [0.1, 0.15) is 5.75 Å². The Morgan fingerprint density at radius 2 is 1.77 bits per heavy atom. The average Bonchev–Trinajstić information content (AvgIpc) is 2.57. The number of unbranched alkanes of at least 4 members (excludes halogenated alkanes) is 5. The van der Waals surface area contributed by atoms with E-state index in [2.05, 4.69) is 42.5 Å². The molecule has 1 unspecified atom stereocenters. The molecule has 1 aromatic carbocycles. The van der Waals surface area contributed by atoms with Crippen molar-refractivity contribution in [3.63, 3.8) is 0 Å². The van der Waals surface area contributed by atoms with Gasteiger partial charge < -0.3 is 14.6 Å². The van der Waals surface area contributed by atoms with Crippen LogP contribution in [0.1, 0.15) is 63.5 Å². The van der Waals surface area contributed by atoms with Crippen molar-refractivity contribution < 1.29 is 14.6 Å². The number of ether oxygens (including phenoxy) is 2. The van der Waals surface area contributed by atoms with Crippen molar-refractivity contribution >= 4 is 24.0 Å². The van der Waals surface area contributed by atoms with Crippen LogP contribution in [0.15, 0.2) is 22.7 Å². The summed E-state index contributed by atoms with van der Waals surface area (Å²) >= 11 is 3.54. The number of aliphatic hydroxyl groups is 1. The molecule has 1 rings (SSSR count). The molecule has 0 heterocycles. The minimum absolute atomic E-state index is 0.267. The zero-order chi connectivity index (χ0) is 19.4. The SMILES string of the molecule is CCCCCCCCC(O)c1ccc(OCOCC[Si](C)(C)C)c(Br)c1. The average molecular weight is 446 g/mol. The Labute approximate surface area is 169 Å². The second-order valence-electron chi connectivity index (χ2n) is 8.24. The molecule has 26 heavy (non-hydrogen) atoms. The van der Waals surface area contributed by atoms with Crippen LogP contribution in [0, 0.1) is 0 Å². The third-order valence-electron chi connectivity index (χ3n) is 4.47. The van der Waals surface area contributed by atoms with E-state index in [9.17, 15) is 5.11 Å². The smallest absolute Gasteiger partial charge is 0.189 e. The number of hydrogen-bond donors (Lipinski definition) is 1. The molecule has 1 N–H and O–H groups in total. The Kier molecular flexibility index (Phi) is 11.8. The summed E-state index contributed by atoms with van der Waals surface area (Å²) in [6.45, 7) is 10.3. The van der Waals surface area contributed by atoms with Crippen LogP contribution in [0.5, 0.6) is 5.75 Å². The van der Waals surface area contributed by atoms with Crippen molar-refractivity contribution in [1.29, 1.82) is 0 Å². The first-order valence-corrected chi connectivity index (χ1v) is 14.5. The van der Waals surface area contributed by atoms with E-state index in [1.807, 2.05) is 18.2 Å². The molecule has 0 saturated carbocycles. The second kappa shape index (κ2) is 12.9. The Morgan fingerprint density at radius 1 is 1.08 bits per heavy atom. The number of benzene rings is 1. The number of halogens is 1. The molecule has 0 saturated heterocycles. The van der Waals surface area contributed by atoms with Crippen LogP contribution < -0.4 is 4.74 Å². The fourth-order valence-electron chi connectivity index (χ4n) is 2.67. The van der Waals surface area contributed by atoms with E-state index in [1.165, 1.54) is 32.1 Å². The van der Waals surface area contributed by atoms with Gasteiger partial charge in [0.05, 0.1) is 10.6 Å². The van der Waals surface area contributed by atoms with Gasteiger partial charge in [-0.1, -0.05) is 71.2 Å². The lowest BCUT2D eigenvalue weighted by molar-refractivity contribution is 0.0215. The summed E-state index contributed by atoms with van der Waals surface area (Å²) < 4.78 is 12.1. The van der Waals surface area contributed by atoms with Gasteiger partial charge in [0.25, 0.3) is 0 Å². The lowest BCUT2D eigenvalue weighted by Crippen LogP contribution is -2.22. The van der Waals surface area contributed by atoms with Gasteiger partial charge in [0, 0.05) is 14.7 Å². The van der Waals surface area contributed by atoms with E-state index in [0.29, 0.717) is 0 Å². The molecule has 1 atom stereocenters. The van der Waals surface area contributed by atoms with E-state index >= 15 is 0 Å². The highest BCUT2D eigenvalue weighted by molar-refractivity contribution is 9.10. The van der Waals surface area contributed by atoms with E-state index < -0.39 is 14.2 Å². The van der Waals surface area contributed by atoms with Crippen LogP contribution in [0.2, 0.25) is 25.7 Å². The first-order valence-electron chi connectivity index (χ1n) is 10.0. The molecule has 0 bridgehead atoms. The first-order chi connectivity index (χ1) is 12.3. The molecule has 1 aromatic rings. The lowest BCUT2D eigenvalue weighted by Gasteiger charge is -2.16. The molecule has 0 amide bonds. The third kappa shape index (κ3) is 10.7. The summed E-state index contributed by atoms with van der Waals surface area (Å²) in [5, 5.41) is 10.4. The molecule has 0 radical (unpaired) electrons. The molecule has 0 fully saturated rings. The Hall–Kier alpha value is -0.363. The molecule has 3 nitrogen and oxygen atoms in total. The van der Waals surface area contributed by atoms with E-state index in [-0.39, 0.29) is 6.79 Å². The molecule has 150 valence electrons. The van der Waals surface area contributed by atoms with Crippen molar-refractivity contribution in [2.45, 2.75) is 83.7 Å². The topological polar surface area (TPSA) is 38.7 Å². The molecule has 5 heteroatoms. The van der Waals surface area contributed by atoms with Crippen LogP contribution in [-0.4, -0.2) is 26.6 Å². The second-order valence-corrected chi connectivity index (χ2v) is 14.7. The highest BCUT2D eigenvalue weighted by Crippen LogP contribution is 2.30. The van der Waals surface area contributed by atoms with Gasteiger partial charge in [0.15, 0.2) is 6.79 Å². The minimum Gasteiger partial charge on any atom is -0.466 e. The summed E-state index contributed by atoms with van der Waals surface area (Å²) in [6.07, 6.45) is 7.87. The standard InChI is InChI=1S/C21H37BrO3Si/c1-5-6-7-8-9-10-11-20(23)18-12-13-21(19(22)16-18)25-17-24-14-15-26(2,3)4/h12-13,16,20,23H,5-11,14-15,17H2,1-4H3. The molecule has 0 aliphatic heterocycles. The van der Waals surface area contributed by atoms with Gasteiger partial charge in [-0.15, -0.1) is 0 Å². The van der Waals surface area contributed by atoms with Crippen LogP contribution in [0.4, 0.5) is 0 Å². The van der Waals surface area contributed by atoms with Gasteiger partial charge in [-0.25, -0.2) is 0 Å². The number of hydrogen-bond acceptors (Lipinski definition) is 3. The predicted molar refractivity (Wildman–Crippen MR) is 117 cm³/mol. The fourth-order valence-corrected chi connectivity index (χ4v) is 3.94. The van der Waals surface area contributed by atoms with Crippen molar-refractivity contribution in [2.75, 3.05) is 13.4 Å². The largest absolute Gasteiger partial charge is 0.466 e. The number of rotatable bonds is 14. The zero-order valence-corrected chi connectivity index (χ0v) is 19.6. The van der Waals surface area contributed by atoms with Crippen LogP contribution in [0.25, 0.3) is 0 Å². The van der Waals surface area contributed by atoms with Gasteiger partial charge in [-0.2, -0.15) is 0 Å². The van der Waals surface area contributed by atoms with Gasteiger partial charge >= 0.3 is 0 Å². The van der Waals surface area contributed by atoms with E-state index in [0.717, 1.165) is 41.3 Å². The number of aliphatic hydroxyl groups excluding tert-OH is 1.